The molecule has 0 saturated heterocycles. The number of hydrogen-bond donors (Lipinski definition) is 0. The number of benzene rings is 2. The van der Waals surface area contributed by atoms with Crippen LogP contribution in [0.4, 0.5) is 5.69 Å². The standard InChI is InChI=1S/C23H22N2O5S/c1-3-29-20(27)14-25(18-12-8-5-9-13-18)19(26)15-30-23(28)21-16(2)24-22(31-21)17-10-6-4-7-11-17/h4-13H,3,14-15H2,1-2H3. The number of anilines is 1. The Morgan fingerprint density at radius 1 is 0.968 bits per heavy atom. The fraction of sp³-hybridized carbons (Fsp3) is 0.217. The fourth-order valence-corrected chi connectivity index (χ4v) is 3.79. The Bertz CT molecular complexity index is 1050. The summed E-state index contributed by atoms with van der Waals surface area (Å²) < 4.78 is 10.2. The summed E-state index contributed by atoms with van der Waals surface area (Å²) >= 11 is 1.21. The van der Waals surface area contributed by atoms with Gasteiger partial charge in [-0.3, -0.25) is 14.5 Å². The van der Waals surface area contributed by atoms with Gasteiger partial charge in [-0.1, -0.05) is 48.5 Å². The highest BCUT2D eigenvalue weighted by Gasteiger charge is 2.23. The van der Waals surface area contributed by atoms with Crippen molar-refractivity contribution < 1.29 is 23.9 Å². The van der Waals surface area contributed by atoms with Crippen molar-refractivity contribution in [3.05, 3.63) is 71.2 Å². The number of esters is 2. The lowest BCUT2D eigenvalue weighted by molar-refractivity contribution is -0.142. The molecule has 8 heteroatoms. The van der Waals surface area contributed by atoms with E-state index in [1.807, 2.05) is 30.3 Å². The zero-order chi connectivity index (χ0) is 22.2. The Kier molecular flexibility index (Phi) is 7.50. The van der Waals surface area contributed by atoms with Crippen LogP contribution >= 0.6 is 11.3 Å². The van der Waals surface area contributed by atoms with Gasteiger partial charge < -0.3 is 9.47 Å². The number of carbonyl (C=O) groups excluding carboxylic acids is 3. The first kappa shape index (κ1) is 22.2. The molecule has 1 aromatic heterocycles. The lowest BCUT2D eigenvalue weighted by atomic mass is 10.2. The lowest BCUT2D eigenvalue weighted by Crippen LogP contribution is -2.39. The van der Waals surface area contributed by atoms with Crippen LogP contribution in [-0.2, 0) is 19.1 Å². The molecule has 0 atom stereocenters. The second-order valence-corrected chi connectivity index (χ2v) is 7.50. The number of ether oxygens (including phenoxy) is 2. The number of para-hydroxylation sites is 1. The maximum atomic E-state index is 12.8. The molecule has 31 heavy (non-hydrogen) atoms. The van der Waals surface area contributed by atoms with Gasteiger partial charge in [0.25, 0.3) is 5.91 Å². The number of hydrogen-bond acceptors (Lipinski definition) is 7. The molecule has 0 aliphatic rings. The Labute approximate surface area is 184 Å². The lowest BCUT2D eigenvalue weighted by Gasteiger charge is -2.21. The van der Waals surface area contributed by atoms with E-state index in [0.717, 1.165) is 5.56 Å². The highest BCUT2D eigenvalue weighted by molar-refractivity contribution is 7.17. The number of aryl methyl sites for hydroxylation is 1. The van der Waals surface area contributed by atoms with Crippen molar-refractivity contribution in [2.24, 2.45) is 0 Å². The van der Waals surface area contributed by atoms with Crippen molar-refractivity contribution in [1.82, 2.24) is 4.98 Å². The summed E-state index contributed by atoms with van der Waals surface area (Å²) in [5, 5.41) is 0.699. The molecule has 0 saturated carbocycles. The molecular weight excluding hydrogens is 416 g/mol. The summed E-state index contributed by atoms with van der Waals surface area (Å²) in [6.45, 7) is 2.84. The van der Waals surface area contributed by atoms with Gasteiger partial charge in [0, 0.05) is 11.3 Å². The van der Waals surface area contributed by atoms with Gasteiger partial charge in [-0.2, -0.15) is 0 Å². The Hall–Kier alpha value is -3.52. The van der Waals surface area contributed by atoms with Crippen LogP contribution in [-0.4, -0.2) is 42.6 Å². The number of carbonyl (C=O) groups is 3. The molecule has 0 N–H and O–H groups in total. The second kappa shape index (κ2) is 10.5. The molecule has 0 radical (unpaired) electrons. The van der Waals surface area contributed by atoms with Gasteiger partial charge >= 0.3 is 11.9 Å². The van der Waals surface area contributed by atoms with Crippen LogP contribution in [0.15, 0.2) is 60.7 Å². The highest BCUT2D eigenvalue weighted by Crippen LogP contribution is 2.28. The van der Waals surface area contributed by atoms with E-state index in [4.69, 9.17) is 9.47 Å². The van der Waals surface area contributed by atoms with Gasteiger partial charge in [0.1, 0.15) is 16.4 Å². The van der Waals surface area contributed by atoms with Crippen LogP contribution in [0.5, 0.6) is 0 Å². The van der Waals surface area contributed by atoms with Gasteiger partial charge in [0.2, 0.25) is 0 Å². The third-order valence-corrected chi connectivity index (χ3v) is 5.48. The molecule has 0 bridgehead atoms. The van der Waals surface area contributed by atoms with Crippen LogP contribution in [0.3, 0.4) is 0 Å². The van der Waals surface area contributed by atoms with E-state index in [1.165, 1.54) is 16.2 Å². The Morgan fingerprint density at radius 3 is 2.26 bits per heavy atom. The average Bonchev–Trinajstić information content (AvgIpc) is 3.19. The second-order valence-electron chi connectivity index (χ2n) is 6.50. The molecule has 3 aromatic rings. The predicted octanol–water partition coefficient (Wildman–Crippen LogP) is 3.87. The summed E-state index contributed by atoms with van der Waals surface area (Å²) in [6.07, 6.45) is 0. The number of amides is 1. The molecule has 0 aliphatic carbocycles. The minimum Gasteiger partial charge on any atom is -0.465 e. The van der Waals surface area contributed by atoms with E-state index in [2.05, 4.69) is 4.98 Å². The first-order chi connectivity index (χ1) is 15.0. The molecule has 0 aliphatic heterocycles. The summed E-state index contributed by atoms with van der Waals surface area (Å²) in [5.74, 6) is -1.70. The smallest absolute Gasteiger partial charge is 0.350 e. The van der Waals surface area contributed by atoms with Crippen LogP contribution in [0.25, 0.3) is 10.6 Å². The van der Waals surface area contributed by atoms with Gasteiger partial charge in [-0.05, 0) is 26.0 Å². The molecule has 1 heterocycles. The van der Waals surface area contributed by atoms with Crippen molar-refractivity contribution in [2.45, 2.75) is 13.8 Å². The monoisotopic (exact) mass is 438 g/mol. The normalized spacial score (nSPS) is 10.4. The molecule has 1 amide bonds. The van der Waals surface area contributed by atoms with E-state index in [-0.39, 0.29) is 13.2 Å². The molecule has 160 valence electrons. The van der Waals surface area contributed by atoms with E-state index >= 15 is 0 Å². The number of rotatable bonds is 8. The Morgan fingerprint density at radius 2 is 1.61 bits per heavy atom. The zero-order valence-corrected chi connectivity index (χ0v) is 18.1. The molecule has 0 unspecified atom stereocenters. The minimum atomic E-state index is -0.630. The third kappa shape index (κ3) is 5.76. The number of nitrogens with zero attached hydrogens (tertiary/aromatic N) is 2. The minimum absolute atomic E-state index is 0.207. The third-order valence-electron chi connectivity index (χ3n) is 4.29. The number of aromatic nitrogens is 1. The van der Waals surface area contributed by atoms with Crippen molar-refractivity contribution in [1.29, 1.82) is 0 Å². The van der Waals surface area contributed by atoms with E-state index in [0.29, 0.717) is 21.3 Å². The van der Waals surface area contributed by atoms with E-state index in [1.54, 1.807) is 44.2 Å². The van der Waals surface area contributed by atoms with Crippen molar-refractivity contribution in [2.75, 3.05) is 24.7 Å². The number of thiazole rings is 1. The maximum Gasteiger partial charge on any atom is 0.350 e. The van der Waals surface area contributed by atoms with Crippen LogP contribution in [0.2, 0.25) is 0 Å². The van der Waals surface area contributed by atoms with Gasteiger partial charge in [0.05, 0.1) is 12.3 Å². The largest absolute Gasteiger partial charge is 0.465 e. The maximum absolute atomic E-state index is 12.8. The molecule has 0 fully saturated rings. The SMILES string of the molecule is CCOC(=O)CN(C(=O)COC(=O)c1sc(-c2ccccc2)nc1C)c1ccccc1. The van der Waals surface area contributed by atoms with Crippen LogP contribution < -0.4 is 4.90 Å². The molecule has 7 nitrogen and oxygen atoms in total. The summed E-state index contributed by atoms with van der Waals surface area (Å²) in [4.78, 5) is 43.3. The summed E-state index contributed by atoms with van der Waals surface area (Å²) in [5.41, 5.74) is 1.94. The van der Waals surface area contributed by atoms with Gasteiger partial charge in [-0.25, -0.2) is 9.78 Å². The van der Waals surface area contributed by atoms with E-state index < -0.39 is 24.5 Å². The topological polar surface area (TPSA) is 85.8 Å². The highest BCUT2D eigenvalue weighted by atomic mass is 32.1. The van der Waals surface area contributed by atoms with Crippen molar-refractivity contribution in [3.8, 4) is 10.6 Å². The average molecular weight is 439 g/mol. The quantitative estimate of drug-likeness (QED) is 0.496. The first-order valence-electron chi connectivity index (χ1n) is 9.70. The van der Waals surface area contributed by atoms with Gasteiger partial charge in [0.15, 0.2) is 6.61 Å². The van der Waals surface area contributed by atoms with E-state index in [9.17, 15) is 14.4 Å². The fourth-order valence-electron chi connectivity index (χ4n) is 2.83. The molecule has 3 rings (SSSR count). The van der Waals surface area contributed by atoms with Crippen LogP contribution in [0.1, 0.15) is 22.3 Å². The first-order valence-corrected chi connectivity index (χ1v) is 10.5. The Balaban J connectivity index is 1.70. The van der Waals surface area contributed by atoms with Crippen molar-refractivity contribution in [3.63, 3.8) is 0 Å². The molecule has 2 aromatic carbocycles. The van der Waals surface area contributed by atoms with Crippen LogP contribution in [0, 0.1) is 6.92 Å². The predicted molar refractivity (Wildman–Crippen MR) is 118 cm³/mol. The van der Waals surface area contributed by atoms with Crippen molar-refractivity contribution >= 4 is 34.9 Å². The van der Waals surface area contributed by atoms with Gasteiger partial charge in [-0.15, -0.1) is 11.3 Å². The molecular formula is C23H22N2O5S. The zero-order valence-electron chi connectivity index (χ0n) is 17.2. The summed E-state index contributed by atoms with van der Waals surface area (Å²) in [6, 6.07) is 18.2. The molecule has 0 spiro atoms. The summed E-state index contributed by atoms with van der Waals surface area (Å²) in [7, 11) is 0.